The van der Waals surface area contributed by atoms with Crippen molar-refractivity contribution in [2.45, 2.75) is 0 Å². The Morgan fingerprint density at radius 1 is 1.21 bits per heavy atom. The van der Waals surface area contributed by atoms with Crippen LogP contribution < -0.4 is 4.28 Å². The number of aromatic nitrogens is 1. The molecule has 1 aromatic heterocycles. The van der Waals surface area contributed by atoms with E-state index >= 15 is 0 Å². The maximum atomic E-state index is 10.5. The third-order valence-corrected chi connectivity index (χ3v) is 2.09. The van der Waals surface area contributed by atoms with Crippen LogP contribution in [0.1, 0.15) is 0 Å². The summed E-state index contributed by atoms with van der Waals surface area (Å²) in [6.45, 7) is 0. The van der Waals surface area contributed by atoms with E-state index in [1.165, 1.54) is 6.20 Å². The predicted molar refractivity (Wildman–Crippen MR) is 50.1 cm³/mol. The van der Waals surface area contributed by atoms with Crippen molar-refractivity contribution in [2.24, 2.45) is 0 Å². The number of benzene rings is 1. The summed E-state index contributed by atoms with van der Waals surface area (Å²) in [4.78, 5) is 0. The van der Waals surface area contributed by atoms with Gasteiger partial charge in [0, 0.05) is 11.6 Å². The van der Waals surface area contributed by atoms with Crippen molar-refractivity contribution in [3.63, 3.8) is 0 Å². The second kappa shape index (κ2) is 3.00. The van der Waals surface area contributed by atoms with Crippen molar-refractivity contribution in [2.75, 3.05) is 0 Å². The summed E-state index contributed by atoms with van der Waals surface area (Å²) in [6.07, 6.45) is 1.42. The Balaban J connectivity index is 2.54. The highest BCUT2D eigenvalue weighted by molar-refractivity contribution is 7.81. The lowest BCUT2D eigenvalue weighted by molar-refractivity contribution is 0.250. The van der Waals surface area contributed by atoms with Crippen LogP contribution in [0.2, 0.25) is 0 Å². The van der Waals surface area contributed by atoms with E-state index in [9.17, 15) is 8.42 Å². The standard InChI is InChI=1S/C8H7NO4S/c10-14(11,12)13-9-6-5-7-3-1-2-4-8(7)9/h1-6H,(H,10,11,12). The van der Waals surface area contributed by atoms with Gasteiger partial charge in [-0.05, 0) is 12.1 Å². The lowest BCUT2D eigenvalue weighted by Gasteiger charge is -2.02. The molecule has 0 fully saturated rings. The second-order valence-corrected chi connectivity index (χ2v) is 3.71. The number of fused-ring (bicyclic) bond motifs is 1. The largest absolute Gasteiger partial charge is 0.465 e. The van der Waals surface area contributed by atoms with E-state index in [2.05, 4.69) is 4.28 Å². The maximum absolute atomic E-state index is 10.5. The van der Waals surface area contributed by atoms with Gasteiger partial charge in [-0.3, -0.25) is 8.84 Å². The Morgan fingerprint density at radius 2 is 1.93 bits per heavy atom. The molecule has 1 heterocycles. The van der Waals surface area contributed by atoms with Crippen molar-refractivity contribution in [1.82, 2.24) is 4.73 Å². The Bertz CT molecular complexity index is 557. The van der Waals surface area contributed by atoms with Gasteiger partial charge in [0.25, 0.3) is 0 Å². The minimum atomic E-state index is -4.48. The van der Waals surface area contributed by atoms with Crippen molar-refractivity contribution in [3.05, 3.63) is 36.5 Å². The van der Waals surface area contributed by atoms with Crippen LogP contribution in [0.25, 0.3) is 10.9 Å². The van der Waals surface area contributed by atoms with Crippen LogP contribution in [0.4, 0.5) is 0 Å². The van der Waals surface area contributed by atoms with Gasteiger partial charge >= 0.3 is 10.4 Å². The zero-order valence-corrected chi connectivity index (χ0v) is 7.81. The molecule has 1 aromatic carbocycles. The van der Waals surface area contributed by atoms with E-state index in [0.717, 1.165) is 10.1 Å². The first-order valence-corrected chi connectivity index (χ1v) is 5.16. The van der Waals surface area contributed by atoms with Gasteiger partial charge in [0.15, 0.2) is 0 Å². The first kappa shape index (κ1) is 9.04. The second-order valence-electron chi connectivity index (χ2n) is 2.70. The molecule has 2 aromatic rings. The molecule has 0 unspecified atom stereocenters. The van der Waals surface area contributed by atoms with Crippen LogP contribution in [0.3, 0.4) is 0 Å². The lowest BCUT2D eigenvalue weighted by atomic mass is 10.3. The van der Waals surface area contributed by atoms with Gasteiger partial charge in [-0.15, -0.1) is 0 Å². The maximum Gasteiger partial charge on any atom is 0.465 e. The van der Waals surface area contributed by atoms with Crippen molar-refractivity contribution >= 4 is 21.3 Å². The molecule has 74 valence electrons. The van der Waals surface area contributed by atoms with Crippen LogP contribution in [-0.4, -0.2) is 17.7 Å². The van der Waals surface area contributed by atoms with Crippen molar-refractivity contribution in [3.8, 4) is 0 Å². The molecule has 0 amide bonds. The molecule has 0 radical (unpaired) electrons. The molecule has 14 heavy (non-hydrogen) atoms. The molecular formula is C8H7NO4S. The van der Waals surface area contributed by atoms with Gasteiger partial charge < -0.3 is 0 Å². The highest BCUT2D eigenvalue weighted by atomic mass is 32.3. The number of nitrogens with zero attached hydrogens (tertiary/aromatic N) is 1. The molecule has 5 nitrogen and oxygen atoms in total. The number of rotatable bonds is 2. The van der Waals surface area contributed by atoms with Gasteiger partial charge in [0.05, 0.1) is 5.52 Å². The van der Waals surface area contributed by atoms with Crippen molar-refractivity contribution < 1.29 is 17.3 Å². The minimum absolute atomic E-state index is 0.574. The highest BCUT2D eigenvalue weighted by Gasteiger charge is 2.08. The van der Waals surface area contributed by atoms with Crippen molar-refractivity contribution in [1.29, 1.82) is 0 Å². The van der Waals surface area contributed by atoms with E-state index in [1.807, 2.05) is 6.07 Å². The average Bonchev–Trinajstić information content (AvgIpc) is 2.47. The summed E-state index contributed by atoms with van der Waals surface area (Å²) in [7, 11) is -4.48. The number of hydrogen-bond acceptors (Lipinski definition) is 3. The smallest absolute Gasteiger partial charge is 0.266 e. The zero-order chi connectivity index (χ0) is 10.2. The van der Waals surface area contributed by atoms with Gasteiger partial charge in [-0.2, -0.15) is 13.1 Å². The van der Waals surface area contributed by atoms with Crippen LogP contribution in [0.5, 0.6) is 0 Å². The van der Waals surface area contributed by atoms with Crippen LogP contribution in [0.15, 0.2) is 36.5 Å². The number of para-hydroxylation sites is 1. The topological polar surface area (TPSA) is 68.5 Å². The fraction of sp³-hybridized carbons (Fsp3) is 0. The summed E-state index contributed by atoms with van der Waals surface area (Å²) < 4.78 is 34.7. The highest BCUT2D eigenvalue weighted by Crippen LogP contribution is 2.13. The molecule has 0 aliphatic heterocycles. The summed E-state index contributed by atoms with van der Waals surface area (Å²) >= 11 is 0. The summed E-state index contributed by atoms with van der Waals surface area (Å²) in [6, 6.07) is 8.73. The van der Waals surface area contributed by atoms with Gasteiger partial charge in [-0.1, -0.05) is 18.2 Å². The Kier molecular flexibility index (Phi) is 1.94. The van der Waals surface area contributed by atoms with Crippen LogP contribution in [-0.2, 0) is 10.4 Å². The quantitative estimate of drug-likeness (QED) is 0.751. The number of hydrogen-bond donors (Lipinski definition) is 1. The Morgan fingerprint density at radius 3 is 2.64 bits per heavy atom. The fourth-order valence-electron chi connectivity index (χ4n) is 1.22. The Hall–Kier alpha value is -1.53. The van der Waals surface area contributed by atoms with E-state index in [0.29, 0.717) is 5.52 Å². The first-order valence-electron chi connectivity index (χ1n) is 3.80. The zero-order valence-electron chi connectivity index (χ0n) is 6.99. The molecule has 0 atom stereocenters. The van der Waals surface area contributed by atoms with Gasteiger partial charge in [-0.25, -0.2) is 0 Å². The van der Waals surface area contributed by atoms with Crippen LogP contribution in [0, 0.1) is 0 Å². The van der Waals surface area contributed by atoms with E-state index in [4.69, 9.17) is 4.55 Å². The summed E-state index contributed by atoms with van der Waals surface area (Å²) in [5, 5.41) is 0.830. The fourth-order valence-corrected chi connectivity index (χ4v) is 1.56. The van der Waals surface area contributed by atoms with Gasteiger partial charge in [0.1, 0.15) is 0 Å². The summed E-state index contributed by atoms with van der Waals surface area (Å²) in [5.41, 5.74) is 0.574. The Labute approximate surface area is 80.4 Å². The summed E-state index contributed by atoms with van der Waals surface area (Å²) in [5.74, 6) is 0. The van der Waals surface area contributed by atoms with E-state index < -0.39 is 10.4 Å². The predicted octanol–water partition coefficient (Wildman–Crippen LogP) is 0.873. The molecule has 6 heteroatoms. The normalized spacial score (nSPS) is 11.8. The molecule has 2 rings (SSSR count). The lowest BCUT2D eigenvalue weighted by Crippen LogP contribution is -2.17. The van der Waals surface area contributed by atoms with Crippen LogP contribution >= 0.6 is 0 Å². The molecular weight excluding hydrogens is 206 g/mol. The molecule has 0 bridgehead atoms. The minimum Gasteiger partial charge on any atom is -0.266 e. The average molecular weight is 213 g/mol. The monoisotopic (exact) mass is 213 g/mol. The van der Waals surface area contributed by atoms with E-state index in [-0.39, 0.29) is 0 Å². The third kappa shape index (κ3) is 1.70. The molecule has 0 aliphatic rings. The molecule has 0 saturated heterocycles. The SMILES string of the molecule is O=S(=O)(O)On1ccc2ccccc21. The molecule has 0 saturated carbocycles. The van der Waals surface area contributed by atoms with Gasteiger partial charge in [0.2, 0.25) is 0 Å². The first-order chi connectivity index (χ1) is 6.56. The van der Waals surface area contributed by atoms with E-state index in [1.54, 1.807) is 24.3 Å². The molecule has 1 N–H and O–H groups in total. The third-order valence-electron chi connectivity index (χ3n) is 1.74. The molecule has 0 aliphatic carbocycles. The molecule has 0 spiro atoms.